The Kier molecular flexibility index (Phi) is 4.90. The van der Waals surface area contributed by atoms with E-state index in [1.54, 1.807) is 0 Å². The van der Waals surface area contributed by atoms with Crippen LogP contribution in [-0.4, -0.2) is 23.6 Å². The highest BCUT2D eigenvalue weighted by molar-refractivity contribution is 5.37. The van der Waals surface area contributed by atoms with Gasteiger partial charge >= 0.3 is 18.5 Å². The third kappa shape index (κ3) is 4.42. The lowest BCUT2D eigenvalue weighted by molar-refractivity contribution is -0.299. The highest BCUT2D eigenvalue weighted by Crippen LogP contribution is 2.39. The lowest BCUT2D eigenvalue weighted by atomic mass is 10.1. The molecule has 0 aliphatic rings. The molecule has 0 unspecified atom stereocenters. The van der Waals surface area contributed by atoms with Crippen LogP contribution in [0.5, 0.6) is 5.75 Å². The molecule has 0 heterocycles. The highest BCUT2D eigenvalue weighted by atomic mass is 19.4. The van der Waals surface area contributed by atoms with Crippen LogP contribution in [0.15, 0.2) is 18.2 Å². The van der Waals surface area contributed by atoms with Gasteiger partial charge in [0.25, 0.3) is 6.10 Å². The Morgan fingerprint density at radius 3 is 1.77 bits per heavy atom. The van der Waals surface area contributed by atoms with Crippen molar-refractivity contribution >= 4 is 0 Å². The van der Waals surface area contributed by atoms with E-state index in [-0.39, 0.29) is 6.07 Å². The zero-order chi connectivity index (χ0) is 17.3. The Morgan fingerprint density at radius 1 is 0.909 bits per heavy atom. The topological polar surface area (TPSA) is 29.5 Å². The van der Waals surface area contributed by atoms with Crippen LogP contribution in [0, 0.1) is 0 Å². The Hall–Kier alpha value is -1.65. The minimum atomic E-state index is -5.85. The van der Waals surface area contributed by atoms with Crippen molar-refractivity contribution in [3.05, 3.63) is 29.3 Å². The van der Waals surface area contributed by atoms with E-state index >= 15 is 0 Å². The van der Waals surface area contributed by atoms with E-state index in [0.29, 0.717) is 12.1 Å². The molecule has 0 aliphatic heterocycles. The van der Waals surface area contributed by atoms with Crippen LogP contribution in [0.2, 0.25) is 0 Å². The van der Waals surface area contributed by atoms with Crippen molar-refractivity contribution < 1.29 is 49.4 Å². The molecule has 2 nitrogen and oxygen atoms in total. The van der Waals surface area contributed by atoms with Crippen LogP contribution in [0.4, 0.5) is 39.5 Å². The van der Waals surface area contributed by atoms with Crippen LogP contribution in [0.25, 0.3) is 0 Å². The minimum Gasteiger partial charge on any atom is -0.471 e. The van der Waals surface area contributed by atoms with Gasteiger partial charge in [-0.3, -0.25) is 0 Å². The molecule has 0 bridgehead atoms. The molecular formula is C11H7F9O2. The van der Waals surface area contributed by atoms with Gasteiger partial charge in [0.2, 0.25) is 0 Å². The molecule has 0 fully saturated rings. The molecule has 0 spiro atoms. The molecule has 0 saturated heterocycles. The van der Waals surface area contributed by atoms with Gasteiger partial charge in [-0.05, 0) is 17.7 Å². The van der Waals surface area contributed by atoms with Crippen molar-refractivity contribution in [2.24, 2.45) is 0 Å². The second-order valence-electron chi connectivity index (χ2n) is 4.06. The number of ether oxygens (including phenoxy) is 1. The Labute approximate surface area is 117 Å². The van der Waals surface area contributed by atoms with Crippen molar-refractivity contribution in [2.75, 3.05) is 0 Å². The number of rotatable bonds is 3. The SMILES string of the molecule is OCc1ccc(OC(C(F)(F)F)C(F)(F)F)cc1C(F)(F)F. The quantitative estimate of drug-likeness (QED) is 0.839. The van der Waals surface area contributed by atoms with Crippen LogP contribution >= 0.6 is 0 Å². The number of halogens is 9. The molecule has 1 N–H and O–H groups in total. The first-order chi connectivity index (χ1) is 9.76. The molecule has 0 aliphatic carbocycles. The molecule has 1 aromatic rings. The summed E-state index contributed by atoms with van der Waals surface area (Å²) >= 11 is 0. The maximum atomic E-state index is 12.6. The van der Waals surface area contributed by atoms with Gasteiger partial charge in [0.05, 0.1) is 12.2 Å². The van der Waals surface area contributed by atoms with Gasteiger partial charge in [-0.1, -0.05) is 6.07 Å². The number of aliphatic hydroxyl groups excluding tert-OH is 1. The van der Waals surface area contributed by atoms with Gasteiger partial charge in [0.1, 0.15) is 5.75 Å². The molecule has 11 heteroatoms. The summed E-state index contributed by atoms with van der Waals surface area (Å²) in [6.07, 6.45) is -21.1. The van der Waals surface area contributed by atoms with Crippen molar-refractivity contribution in [3.63, 3.8) is 0 Å². The largest absolute Gasteiger partial charge is 0.471 e. The molecule has 0 atom stereocenters. The Morgan fingerprint density at radius 2 is 1.41 bits per heavy atom. The van der Waals surface area contributed by atoms with E-state index in [0.717, 1.165) is 0 Å². The van der Waals surface area contributed by atoms with E-state index < -0.39 is 48.1 Å². The second kappa shape index (κ2) is 5.86. The minimum absolute atomic E-state index is 0.0317. The van der Waals surface area contributed by atoms with Crippen LogP contribution in [0.3, 0.4) is 0 Å². The highest BCUT2D eigenvalue weighted by Gasteiger charge is 2.59. The standard InChI is InChI=1S/C11H7F9O2/c12-9(13,14)7-3-6(2-1-5(7)4-21)22-8(10(15,16)17)11(18,19)20/h1-3,8,21H,4H2. The van der Waals surface area contributed by atoms with Crippen LogP contribution in [-0.2, 0) is 12.8 Å². The van der Waals surface area contributed by atoms with E-state index in [1.807, 2.05) is 0 Å². The van der Waals surface area contributed by atoms with Crippen molar-refractivity contribution in [1.82, 2.24) is 0 Å². The number of aliphatic hydroxyl groups is 1. The number of benzene rings is 1. The summed E-state index contributed by atoms with van der Waals surface area (Å²) < 4.78 is 115. The third-order valence-corrected chi connectivity index (χ3v) is 2.41. The molecule has 0 saturated carbocycles. The van der Waals surface area contributed by atoms with Crippen molar-refractivity contribution in [3.8, 4) is 5.75 Å². The Bertz CT molecular complexity index is 502. The lowest BCUT2D eigenvalue weighted by Gasteiger charge is -2.24. The fraction of sp³-hybridized carbons (Fsp3) is 0.455. The molecule has 126 valence electrons. The number of hydrogen-bond acceptors (Lipinski definition) is 2. The summed E-state index contributed by atoms with van der Waals surface area (Å²) in [5, 5.41) is 8.71. The van der Waals surface area contributed by atoms with E-state index in [4.69, 9.17) is 5.11 Å². The summed E-state index contributed by atoms with van der Waals surface area (Å²) in [7, 11) is 0. The average molecular weight is 342 g/mol. The van der Waals surface area contributed by atoms with Gasteiger partial charge in [-0.15, -0.1) is 0 Å². The normalized spacial score (nSPS) is 13.6. The number of hydrogen-bond donors (Lipinski definition) is 1. The third-order valence-electron chi connectivity index (χ3n) is 2.41. The van der Waals surface area contributed by atoms with E-state index in [1.165, 1.54) is 0 Å². The first kappa shape index (κ1) is 18.4. The Balaban J connectivity index is 3.23. The van der Waals surface area contributed by atoms with Crippen molar-refractivity contribution in [1.29, 1.82) is 0 Å². The van der Waals surface area contributed by atoms with Gasteiger partial charge in [0, 0.05) is 0 Å². The predicted octanol–water partition coefficient (Wildman–Crippen LogP) is 4.07. The van der Waals surface area contributed by atoms with Gasteiger partial charge < -0.3 is 9.84 Å². The molecule has 1 rings (SSSR count). The van der Waals surface area contributed by atoms with Gasteiger partial charge in [-0.25, -0.2) is 0 Å². The van der Waals surface area contributed by atoms with E-state index in [9.17, 15) is 39.5 Å². The molecule has 0 amide bonds. The fourth-order valence-electron chi connectivity index (χ4n) is 1.49. The van der Waals surface area contributed by atoms with Gasteiger partial charge in [0.15, 0.2) is 0 Å². The monoisotopic (exact) mass is 342 g/mol. The van der Waals surface area contributed by atoms with Crippen LogP contribution in [0.1, 0.15) is 11.1 Å². The molecule has 0 aromatic heterocycles. The van der Waals surface area contributed by atoms with Crippen molar-refractivity contribution in [2.45, 2.75) is 31.2 Å². The first-order valence-electron chi connectivity index (χ1n) is 5.38. The molecule has 22 heavy (non-hydrogen) atoms. The zero-order valence-electron chi connectivity index (χ0n) is 10.3. The summed E-state index contributed by atoms with van der Waals surface area (Å²) in [6, 6.07) is 0.975. The summed E-state index contributed by atoms with van der Waals surface area (Å²) in [4.78, 5) is 0. The molecule has 1 aromatic carbocycles. The summed E-state index contributed by atoms with van der Waals surface area (Å²) in [6.45, 7) is -1.10. The summed E-state index contributed by atoms with van der Waals surface area (Å²) in [5.41, 5.74) is -2.30. The van der Waals surface area contributed by atoms with Crippen LogP contribution < -0.4 is 4.74 Å². The molecular weight excluding hydrogens is 335 g/mol. The summed E-state index contributed by atoms with van der Waals surface area (Å²) in [5.74, 6) is -1.27. The predicted molar refractivity (Wildman–Crippen MR) is 53.9 cm³/mol. The van der Waals surface area contributed by atoms with Gasteiger partial charge in [-0.2, -0.15) is 39.5 Å². The maximum absolute atomic E-state index is 12.6. The number of alkyl halides is 9. The molecule has 0 radical (unpaired) electrons. The first-order valence-corrected chi connectivity index (χ1v) is 5.38. The average Bonchev–Trinajstić information content (AvgIpc) is 2.31. The lowest BCUT2D eigenvalue weighted by Crippen LogP contribution is -2.46. The second-order valence-corrected chi connectivity index (χ2v) is 4.06. The fourth-order valence-corrected chi connectivity index (χ4v) is 1.49. The zero-order valence-corrected chi connectivity index (χ0v) is 10.3. The smallest absolute Gasteiger partial charge is 0.434 e. The maximum Gasteiger partial charge on any atom is 0.434 e. The van der Waals surface area contributed by atoms with E-state index in [2.05, 4.69) is 4.74 Å².